The molecular formula is C17H15Cl2N3. The monoisotopic (exact) mass is 331 g/mol. The SMILES string of the molecule is CCN(c1ccc(-c2cn[nH]c2)cc1)c1cccc(Cl)c1Cl. The number of rotatable bonds is 4. The number of nitrogens with one attached hydrogen (secondary N) is 1. The van der Waals surface area contributed by atoms with Gasteiger partial charge in [0.25, 0.3) is 0 Å². The van der Waals surface area contributed by atoms with Crippen LogP contribution in [0, 0.1) is 0 Å². The van der Waals surface area contributed by atoms with Gasteiger partial charge in [0.05, 0.1) is 21.9 Å². The zero-order valence-electron chi connectivity index (χ0n) is 12.1. The Bertz CT molecular complexity index is 752. The number of H-pyrrole nitrogens is 1. The zero-order chi connectivity index (χ0) is 15.5. The van der Waals surface area contributed by atoms with E-state index in [-0.39, 0.29) is 0 Å². The summed E-state index contributed by atoms with van der Waals surface area (Å²) in [6.45, 7) is 2.88. The third kappa shape index (κ3) is 2.82. The standard InChI is InChI=1S/C17H15Cl2N3/c1-2-22(16-5-3-4-15(18)17(16)19)14-8-6-12(7-9-14)13-10-20-21-11-13/h3-11H,2H2,1H3,(H,20,21). The van der Waals surface area contributed by atoms with Gasteiger partial charge >= 0.3 is 0 Å². The predicted octanol–water partition coefficient (Wildman–Crippen LogP) is 5.54. The average molecular weight is 332 g/mol. The number of hydrogen-bond acceptors (Lipinski definition) is 2. The van der Waals surface area contributed by atoms with Crippen LogP contribution in [0.25, 0.3) is 11.1 Å². The lowest BCUT2D eigenvalue weighted by Crippen LogP contribution is -2.16. The first-order chi connectivity index (χ1) is 10.7. The van der Waals surface area contributed by atoms with Gasteiger partial charge in [0, 0.05) is 24.0 Å². The molecule has 0 saturated carbocycles. The van der Waals surface area contributed by atoms with E-state index >= 15 is 0 Å². The van der Waals surface area contributed by atoms with Gasteiger partial charge < -0.3 is 4.90 Å². The summed E-state index contributed by atoms with van der Waals surface area (Å²) in [5.74, 6) is 0. The number of benzene rings is 2. The van der Waals surface area contributed by atoms with E-state index in [2.05, 4.69) is 46.3 Å². The Kier molecular flexibility index (Phi) is 4.36. The summed E-state index contributed by atoms with van der Waals surface area (Å²) in [5, 5.41) is 7.93. The van der Waals surface area contributed by atoms with Gasteiger partial charge in [-0.25, -0.2) is 0 Å². The smallest absolute Gasteiger partial charge is 0.0829 e. The second kappa shape index (κ2) is 6.42. The molecule has 3 nitrogen and oxygen atoms in total. The lowest BCUT2D eigenvalue weighted by atomic mass is 10.1. The van der Waals surface area contributed by atoms with E-state index in [1.54, 1.807) is 12.3 Å². The maximum Gasteiger partial charge on any atom is 0.0829 e. The second-order valence-electron chi connectivity index (χ2n) is 4.85. The summed E-state index contributed by atoms with van der Waals surface area (Å²) in [4.78, 5) is 2.13. The van der Waals surface area contributed by atoms with Crippen LogP contribution in [-0.2, 0) is 0 Å². The third-order valence-corrected chi connectivity index (χ3v) is 4.36. The van der Waals surface area contributed by atoms with E-state index in [0.29, 0.717) is 10.0 Å². The molecule has 0 bridgehead atoms. The minimum Gasteiger partial charge on any atom is -0.341 e. The second-order valence-corrected chi connectivity index (χ2v) is 5.64. The fraction of sp³-hybridized carbons (Fsp3) is 0.118. The Balaban J connectivity index is 1.96. The molecule has 1 heterocycles. The highest BCUT2D eigenvalue weighted by Crippen LogP contribution is 2.36. The highest BCUT2D eigenvalue weighted by Gasteiger charge is 2.13. The third-order valence-electron chi connectivity index (χ3n) is 3.55. The Morgan fingerprint density at radius 3 is 2.45 bits per heavy atom. The first-order valence-electron chi connectivity index (χ1n) is 7.01. The van der Waals surface area contributed by atoms with Crippen LogP contribution in [0.15, 0.2) is 54.9 Å². The van der Waals surface area contributed by atoms with Crippen molar-refractivity contribution in [3.8, 4) is 11.1 Å². The highest BCUT2D eigenvalue weighted by atomic mass is 35.5. The number of aromatic amines is 1. The van der Waals surface area contributed by atoms with Crippen molar-refractivity contribution in [2.24, 2.45) is 0 Å². The number of hydrogen-bond donors (Lipinski definition) is 1. The first kappa shape index (κ1) is 14.9. The van der Waals surface area contributed by atoms with Gasteiger partial charge in [-0.05, 0) is 36.8 Å². The number of nitrogens with zero attached hydrogens (tertiary/aromatic N) is 2. The van der Waals surface area contributed by atoms with Crippen LogP contribution in [0.1, 0.15) is 6.92 Å². The summed E-state index contributed by atoms with van der Waals surface area (Å²) in [7, 11) is 0. The normalized spacial score (nSPS) is 10.7. The molecule has 1 N–H and O–H groups in total. The Morgan fingerprint density at radius 2 is 1.82 bits per heavy atom. The van der Waals surface area contributed by atoms with Gasteiger partial charge in [-0.15, -0.1) is 0 Å². The van der Waals surface area contributed by atoms with Crippen molar-refractivity contribution in [1.29, 1.82) is 0 Å². The molecule has 112 valence electrons. The molecule has 3 aromatic rings. The molecule has 0 unspecified atom stereocenters. The van der Waals surface area contributed by atoms with Gasteiger partial charge in [-0.3, -0.25) is 5.10 Å². The number of anilines is 2. The van der Waals surface area contributed by atoms with E-state index in [4.69, 9.17) is 23.2 Å². The molecule has 5 heteroatoms. The highest BCUT2D eigenvalue weighted by molar-refractivity contribution is 6.43. The number of aromatic nitrogens is 2. The van der Waals surface area contributed by atoms with Gasteiger partial charge in [0.15, 0.2) is 0 Å². The zero-order valence-corrected chi connectivity index (χ0v) is 13.6. The minimum absolute atomic E-state index is 0.563. The van der Waals surface area contributed by atoms with Crippen molar-refractivity contribution in [2.75, 3.05) is 11.4 Å². The summed E-state index contributed by atoms with van der Waals surface area (Å²) >= 11 is 12.5. The van der Waals surface area contributed by atoms with Crippen LogP contribution in [0.4, 0.5) is 11.4 Å². The van der Waals surface area contributed by atoms with E-state index < -0.39 is 0 Å². The summed E-state index contributed by atoms with van der Waals surface area (Å²) in [6, 6.07) is 14.0. The predicted molar refractivity (Wildman–Crippen MR) is 93.2 cm³/mol. The van der Waals surface area contributed by atoms with Crippen molar-refractivity contribution < 1.29 is 0 Å². The summed E-state index contributed by atoms with van der Waals surface area (Å²) in [5.41, 5.74) is 4.16. The Morgan fingerprint density at radius 1 is 1.05 bits per heavy atom. The van der Waals surface area contributed by atoms with Crippen LogP contribution in [0.5, 0.6) is 0 Å². The molecule has 0 saturated heterocycles. The number of halogens is 2. The fourth-order valence-corrected chi connectivity index (χ4v) is 2.83. The van der Waals surface area contributed by atoms with E-state index in [9.17, 15) is 0 Å². The molecule has 0 aliphatic carbocycles. The van der Waals surface area contributed by atoms with Crippen molar-refractivity contribution in [1.82, 2.24) is 10.2 Å². The van der Waals surface area contributed by atoms with E-state index in [0.717, 1.165) is 29.0 Å². The van der Waals surface area contributed by atoms with Crippen LogP contribution in [0.3, 0.4) is 0 Å². The van der Waals surface area contributed by atoms with E-state index in [1.165, 1.54) is 0 Å². The Hall–Kier alpha value is -1.97. The summed E-state index contributed by atoms with van der Waals surface area (Å²) < 4.78 is 0. The molecular weight excluding hydrogens is 317 g/mol. The topological polar surface area (TPSA) is 31.9 Å². The van der Waals surface area contributed by atoms with Crippen LogP contribution in [-0.4, -0.2) is 16.7 Å². The average Bonchev–Trinajstić information content (AvgIpc) is 3.07. The van der Waals surface area contributed by atoms with Crippen molar-refractivity contribution in [3.63, 3.8) is 0 Å². The van der Waals surface area contributed by atoms with Crippen molar-refractivity contribution >= 4 is 34.6 Å². The van der Waals surface area contributed by atoms with Gasteiger partial charge in [0.2, 0.25) is 0 Å². The van der Waals surface area contributed by atoms with Crippen molar-refractivity contribution in [2.45, 2.75) is 6.92 Å². The maximum absolute atomic E-state index is 6.34. The summed E-state index contributed by atoms with van der Waals surface area (Å²) in [6.07, 6.45) is 3.68. The molecule has 0 amide bonds. The molecule has 0 radical (unpaired) electrons. The molecule has 2 aromatic carbocycles. The van der Waals surface area contributed by atoms with Gasteiger partial charge in [0.1, 0.15) is 0 Å². The molecule has 0 fully saturated rings. The molecule has 0 spiro atoms. The molecule has 0 atom stereocenters. The van der Waals surface area contributed by atoms with Gasteiger partial charge in [-0.2, -0.15) is 5.10 Å². The van der Waals surface area contributed by atoms with E-state index in [1.807, 2.05) is 18.3 Å². The molecule has 22 heavy (non-hydrogen) atoms. The van der Waals surface area contributed by atoms with Crippen molar-refractivity contribution in [3.05, 3.63) is 64.9 Å². The lowest BCUT2D eigenvalue weighted by Gasteiger charge is -2.25. The van der Waals surface area contributed by atoms with Crippen LogP contribution in [0.2, 0.25) is 10.0 Å². The minimum atomic E-state index is 0.563. The first-order valence-corrected chi connectivity index (χ1v) is 7.77. The van der Waals surface area contributed by atoms with Crippen LogP contribution >= 0.6 is 23.2 Å². The molecule has 1 aromatic heterocycles. The van der Waals surface area contributed by atoms with Gasteiger partial charge in [-0.1, -0.05) is 41.4 Å². The largest absolute Gasteiger partial charge is 0.341 e. The maximum atomic E-state index is 6.34. The fourth-order valence-electron chi connectivity index (χ4n) is 2.44. The quantitative estimate of drug-likeness (QED) is 0.680. The lowest BCUT2D eigenvalue weighted by molar-refractivity contribution is 1.02. The van der Waals surface area contributed by atoms with Crippen LogP contribution < -0.4 is 4.90 Å². The Labute approximate surface area is 139 Å². The molecule has 0 aliphatic rings. The molecule has 3 rings (SSSR count). The molecule has 0 aliphatic heterocycles.